The molecule has 0 aromatic carbocycles. The molecule has 0 amide bonds. The van der Waals surface area contributed by atoms with E-state index in [0.717, 1.165) is 37.7 Å². The summed E-state index contributed by atoms with van der Waals surface area (Å²) in [5.74, 6) is 0.104. The normalized spacial score (nSPS) is 54.4. The minimum atomic E-state index is -1.67. The molecule has 3 unspecified atom stereocenters. The molecule has 0 bridgehead atoms. The number of carbonyl (C=O) groups is 1. The van der Waals surface area contributed by atoms with Gasteiger partial charge in [0, 0.05) is 18.1 Å². The van der Waals surface area contributed by atoms with E-state index in [1.165, 1.54) is 0 Å². The number of esters is 1. The predicted molar refractivity (Wildman–Crippen MR) is 167 cm³/mol. The van der Waals surface area contributed by atoms with E-state index in [1.54, 1.807) is 13.0 Å². The molecule has 0 spiro atoms. The zero-order chi connectivity index (χ0) is 35.0. The van der Waals surface area contributed by atoms with Crippen molar-refractivity contribution < 1.29 is 69.3 Å². The van der Waals surface area contributed by atoms with Crippen molar-refractivity contribution in [2.24, 2.45) is 34.5 Å². The molecule has 0 aromatic heterocycles. The molecule has 4 saturated carbocycles. The second-order valence-corrected chi connectivity index (χ2v) is 16.2. The van der Waals surface area contributed by atoms with Gasteiger partial charge in [-0.2, -0.15) is 0 Å². The van der Waals surface area contributed by atoms with Crippen molar-refractivity contribution in [1.29, 1.82) is 0 Å². The highest BCUT2D eigenvalue weighted by Gasteiger charge is 2.68. The Kier molecular flexibility index (Phi) is 9.80. The number of hydrogen-bond acceptors (Lipinski definition) is 14. The van der Waals surface area contributed by atoms with Crippen LogP contribution in [-0.2, 0) is 28.5 Å². The van der Waals surface area contributed by atoms with Crippen molar-refractivity contribution >= 4 is 5.97 Å². The summed E-state index contributed by atoms with van der Waals surface area (Å²) in [5, 5.41) is 85.8. The molecule has 18 atom stereocenters. The van der Waals surface area contributed by atoms with E-state index in [9.17, 15) is 45.6 Å². The summed E-state index contributed by atoms with van der Waals surface area (Å²) in [6.07, 6.45) is -5.76. The van der Waals surface area contributed by atoms with Crippen LogP contribution < -0.4 is 0 Å². The van der Waals surface area contributed by atoms with E-state index in [0.29, 0.717) is 32.3 Å². The minimum absolute atomic E-state index is 0.0184. The lowest BCUT2D eigenvalue weighted by Crippen LogP contribution is -2.64. The highest BCUT2D eigenvalue weighted by Crippen LogP contribution is 2.70. The van der Waals surface area contributed by atoms with Crippen LogP contribution in [0.15, 0.2) is 11.6 Å². The van der Waals surface area contributed by atoms with Crippen molar-refractivity contribution in [2.75, 3.05) is 19.8 Å². The number of carbonyl (C=O) groups excluding carboxylic acids is 1. The van der Waals surface area contributed by atoms with E-state index in [2.05, 4.69) is 6.92 Å². The van der Waals surface area contributed by atoms with Gasteiger partial charge in [-0.15, -0.1) is 0 Å². The summed E-state index contributed by atoms with van der Waals surface area (Å²) in [5.41, 5.74) is -0.641. The highest BCUT2D eigenvalue weighted by atomic mass is 16.7. The quantitative estimate of drug-likeness (QED) is 0.121. The third-order valence-electron chi connectivity index (χ3n) is 14.2. The lowest BCUT2D eigenvalue weighted by Gasteiger charge is -2.64. The average molecular weight is 699 g/mol. The lowest BCUT2D eigenvalue weighted by molar-refractivity contribution is -0.360. The van der Waals surface area contributed by atoms with Crippen LogP contribution in [0.2, 0.25) is 0 Å². The van der Waals surface area contributed by atoms with Gasteiger partial charge < -0.3 is 64.5 Å². The van der Waals surface area contributed by atoms with E-state index in [4.69, 9.17) is 23.7 Å². The molecule has 7 aliphatic rings. The maximum atomic E-state index is 12.5. The molecule has 6 fully saturated rings. The lowest BCUT2D eigenvalue weighted by atomic mass is 9.43. The summed E-state index contributed by atoms with van der Waals surface area (Å²) in [6.45, 7) is 3.47. The minimum Gasteiger partial charge on any atom is -0.458 e. The van der Waals surface area contributed by atoms with Gasteiger partial charge in [0.2, 0.25) is 0 Å². The van der Waals surface area contributed by atoms with Crippen molar-refractivity contribution in [3.63, 3.8) is 0 Å². The Morgan fingerprint density at radius 3 is 2.27 bits per heavy atom. The first-order chi connectivity index (χ1) is 23.3. The fraction of sp³-hybridized carbons (Fsp3) is 0.914. The van der Waals surface area contributed by atoms with Gasteiger partial charge in [-0.05, 0) is 99.4 Å². The van der Waals surface area contributed by atoms with Crippen LogP contribution in [0, 0.1) is 34.5 Å². The summed E-state index contributed by atoms with van der Waals surface area (Å²) < 4.78 is 28.7. The summed E-state index contributed by atoms with van der Waals surface area (Å²) in [7, 11) is 0. The van der Waals surface area contributed by atoms with Crippen molar-refractivity contribution in [1.82, 2.24) is 0 Å². The Morgan fingerprint density at radius 2 is 1.57 bits per heavy atom. The zero-order valence-corrected chi connectivity index (χ0v) is 28.3. The SMILES string of the molecule is C[C@H]1O[C@@H](OC2CC[C@]3(CO)C4CC[C@]5(C)[C@@H](C6=CC(=O)OC6)CC[C@]5(O)C4CC[C@H]3C2)[C@H](O)[C@H](O)[C@@H]1O[C@@H]1O[C@H](CO)[C@@H](O)[C@H](O)[C@H]1O. The number of rotatable bonds is 7. The van der Waals surface area contributed by atoms with Crippen LogP contribution in [0.3, 0.4) is 0 Å². The molecule has 278 valence electrons. The van der Waals surface area contributed by atoms with Crippen molar-refractivity contribution in [3.8, 4) is 0 Å². The van der Waals surface area contributed by atoms with Gasteiger partial charge >= 0.3 is 5.97 Å². The second-order valence-electron chi connectivity index (χ2n) is 16.2. The van der Waals surface area contributed by atoms with Crippen LogP contribution in [0.4, 0.5) is 0 Å². The summed E-state index contributed by atoms with van der Waals surface area (Å²) >= 11 is 0. The van der Waals surface area contributed by atoms with Crippen LogP contribution in [0.1, 0.15) is 71.6 Å². The molecule has 3 heterocycles. The molecule has 0 aromatic rings. The van der Waals surface area contributed by atoms with Crippen LogP contribution >= 0.6 is 0 Å². The van der Waals surface area contributed by atoms with E-state index < -0.39 is 73.6 Å². The van der Waals surface area contributed by atoms with Crippen molar-refractivity contribution in [3.05, 3.63) is 11.6 Å². The maximum Gasteiger partial charge on any atom is 0.331 e. The molecular formula is C35H54O14. The number of cyclic esters (lactones) is 1. The summed E-state index contributed by atoms with van der Waals surface area (Å²) in [4.78, 5) is 11.9. The number of aliphatic hydroxyl groups is 8. The van der Waals surface area contributed by atoms with Gasteiger partial charge in [-0.25, -0.2) is 4.79 Å². The summed E-state index contributed by atoms with van der Waals surface area (Å²) in [6, 6.07) is 0. The van der Waals surface area contributed by atoms with Gasteiger partial charge in [0.25, 0.3) is 0 Å². The van der Waals surface area contributed by atoms with Crippen LogP contribution in [0.25, 0.3) is 0 Å². The van der Waals surface area contributed by atoms with Gasteiger partial charge in [0.1, 0.15) is 49.3 Å². The van der Waals surface area contributed by atoms with E-state index in [1.807, 2.05) is 0 Å². The largest absolute Gasteiger partial charge is 0.458 e. The first-order valence-electron chi connectivity index (χ1n) is 18.1. The number of fused-ring (bicyclic) bond motifs is 5. The van der Waals surface area contributed by atoms with E-state index >= 15 is 0 Å². The van der Waals surface area contributed by atoms with E-state index in [-0.39, 0.29) is 53.2 Å². The van der Waals surface area contributed by atoms with Crippen molar-refractivity contribution in [2.45, 2.75) is 145 Å². The molecule has 0 radical (unpaired) electrons. The third-order valence-corrected chi connectivity index (χ3v) is 14.2. The first-order valence-corrected chi connectivity index (χ1v) is 18.1. The Bertz CT molecular complexity index is 1260. The number of aliphatic hydroxyl groups excluding tert-OH is 7. The Hall–Kier alpha value is -1.27. The molecule has 2 saturated heterocycles. The molecule has 8 N–H and O–H groups in total. The fourth-order valence-corrected chi connectivity index (χ4v) is 11.4. The first kappa shape index (κ1) is 36.1. The smallest absolute Gasteiger partial charge is 0.331 e. The Labute approximate surface area is 285 Å². The number of hydrogen-bond donors (Lipinski definition) is 8. The van der Waals surface area contributed by atoms with Crippen LogP contribution in [0.5, 0.6) is 0 Å². The van der Waals surface area contributed by atoms with Gasteiger partial charge in [-0.1, -0.05) is 6.92 Å². The van der Waals surface area contributed by atoms with Gasteiger partial charge in [-0.3, -0.25) is 0 Å². The Balaban J connectivity index is 0.995. The molecule has 14 heteroatoms. The standard InChI is InChI=1S/C35H54O14/c1-16-30(49-32-28(42)26(40)25(39)23(13-36)48-32)27(41)29(43)31(46-16)47-19-5-9-34(15-37)18(12-19)3-4-22-21(34)6-8-33(2)20(7-10-35(22,33)44)17-11-24(38)45-14-17/h11,16,18-23,25-32,36-37,39-44H,3-10,12-15H2,1-2H3/t16-,18+,19?,20-,21?,22?,23-,25-,26+,27+,28-,29-,30-,31+,32+,33-,34-,35+/m1/s1. The molecular weight excluding hydrogens is 644 g/mol. The zero-order valence-electron chi connectivity index (χ0n) is 28.3. The Morgan fingerprint density at radius 1 is 0.837 bits per heavy atom. The number of ether oxygens (including phenoxy) is 5. The average Bonchev–Trinajstić information content (AvgIpc) is 3.64. The fourth-order valence-electron chi connectivity index (χ4n) is 11.4. The second kappa shape index (κ2) is 13.3. The molecule has 7 rings (SSSR count). The predicted octanol–water partition coefficient (Wildman–Crippen LogP) is -0.747. The molecule has 14 nitrogen and oxygen atoms in total. The maximum absolute atomic E-state index is 12.5. The molecule has 49 heavy (non-hydrogen) atoms. The molecule has 4 aliphatic carbocycles. The third kappa shape index (κ3) is 5.64. The monoisotopic (exact) mass is 698 g/mol. The van der Waals surface area contributed by atoms with Gasteiger partial charge in [0.15, 0.2) is 12.6 Å². The highest BCUT2D eigenvalue weighted by molar-refractivity contribution is 5.85. The van der Waals surface area contributed by atoms with Crippen LogP contribution in [-0.4, -0.2) is 140 Å². The van der Waals surface area contributed by atoms with Gasteiger partial charge in [0.05, 0.1) is 24.4 Å². The molecule has 3 aliphatic heterocycles. The topological polar surface area (TPSA) is 225 Å².